The minimum absolute atomic E-state index is 0.374. The van der Waals surface area contributed by atoms with Crippen LogP contribution < -0.4 is 4.74 Å². The fourth-order valence-electron chi connectivity index (χ4n) is 3.17. The molecule has 0 aliphatic heterocycles. The number of aryl methyl sites for hydroxylation is 1. The van der Waals surface area contributed by atoms with Crippen molar-refractivity contribution >= 4 is 33.7 Å². The number of methoxy groups -OCH3 is 1. The third kappa shape index (κ3) is 2.44. The number of imidazole rings is 1. The Hall–Kier alpha value is -2.93. The topological polar surface area (TPSA) is 70.7 Å². The van der Waals surface area contributed by atoms with Crippen LogP contribution in [-0.4, -0.2) is 38.6 Å². The molecule has 0 saturated heterocycles. The molecule has 0 fully saturated rings. The van der Waals surface area contributed by atoms with Gasteiger partial charge in [-0.05, 0) is 19.1 Å². The minimum atomic E-state index is -0.374. The molecule has 3 heterocycles. The van der Waals surface area contributed by atoms with Crippen molar-refractivity contribution in [2.24, 2.45) is 0 Å². The summed E-state index contributed by atoms with van der Waals surface area (Å²) in [6.07, 6.45) is 1.79. The summed E-state index contributed by atoms with van der Waals surface area (Å²) in [4.78, 5) is 21.1. The molecule has 4 rings (SSSR count). The van der Waals surface area contributed by atoms with Crippen LogP contribution in [0.15, 0.2) is 30.5 Å². The Morgan fingerprint density at radius 2 is 2.00 bits per heavy atom. The molecular weight excluding hydrogens is 320 g/mol. The Bertz CT molecular complexity index is 1110. The van der Waals surface area contributed by atoms with Crippen LogP contribution in [0.1, 0.15) is 12.7 Å². The highest BCUT2D eigenvalue weighted by Gasteiger charge is 2.20. The molecule has 0 aliphatic rings. The highest BCUT2D eigenvalue weighted by molar-refractivity contribution is 6.00. The third-order valence-corrected chi connectivity index (χ3v) is 4.18. The van der Waals surface area contributed by atoms with Gasteiger partial charge in [-0.25, -0.2) is 9.97 Å². The summed E-state index contributed by atoms with van der Waals surface area (Å²) >= 11 is 0. The zero-order valence-electron chi connectivity index (χ0n) is 14.3. The van der Waals surface area contributed by atoms with Crippen LogP contribution in [0.3, 0.4) is 0 Å². The molecule has 0 N–H and O–H groups in total. The van der Waals surface area contributed by atoms with E-state index in [2.05, 4.69) is 0 Å². The monoisotopic (exact) mass is 338 g/mol. The van der Waals surface area contributed by atoms with Crippen LogP contribution in [0.2, 0.25) is 0 Å². The van der Waals surface area contributed by atoms with Crippen LogP contribution in [0, 0.1) is 6.92 Å². The number of fused-ring (bicyclic) bond motifs is 5. The molecule has 1 aromatic carbocycles. The van der Waals surface area contributed by atoms with E-state index in [9.17, 15) is 4.79 Å². The summed E-state index contributed by atoms with van der Waals surface area (Å²) in [6.45, 7) is 4.47. The Labute approximate surface area is 143 Å². The number of hydrogen-bond acceptors (Lipinski definition) is 5. The van der Waals surface area contributed by atoms with E-state index < -0.39 is 0 Å². The zero-order valence-corrected chi connectivity index (χ0v) is 14.3. The van der Waals surface area contributed by atoms with Crippen molar-refractivity contribution in [3.8, 4) is 5.75 Å². The fraction of sp³-hybridized carbons (Fsp3) is 0.278. The zero-order chi connectivity index (χ0) is 17.6. The number of rotatable bonds is 4. The third-order valence-electron chi connectivity index (χ3n) is 4.18. The van der Waals surface area contributed by atoms with Crippen LogP contribution in [-0.2, 0) is 16.1 Å². The van der Waals surface area contributed by atoms with E-state index in [1.54, 1.807) is 13.3 Å². The van der Waals surface area contributed by atoms with Gasteiger partial charge in [0.15, 0.2) is 11.4 Å². The molecule has 0 radical (unpaired) electrons. The van der Waals surface area contributed by atoms with Crippen LogP contribution in [0.5, 0.6) is 5.75 Å². The number of para-hydroxylation sites is 2. The molecule has 0 amide bonds. The lowest BCUT2D eigenvalue weighted by Gasteiger charge is -2.06. The van der Waals surface area contributed by atoms with E-state index >= 15 is 0 Å². The first kappa shape index (κ1) is 15.6. The average Bonchev–Trinajstić information content (AvgIpc) is 3.11. The smallest absolute Gasteiger partial charge is 0.308 e. The molecule has 7 nitrogen and oxygen atoms in total. The lowest BCUT2D eigenvalue weighted by Crippen LogP contribution is -2.05. The van der Waals surface area contributed by atoms with Gasteiger partial charge in [0.25, 0.3) is 0 Å². The molecule has 0 bridgehead atoms. The largest absolute Gasteiger partial charge is 0.424 e. The SMILES string of the molecule is COCCn1cc(OC(C)=O)c2c1nc(C)n1c3ccccc3nc21. The van der Waals surface area contributed by atoms with Gasteiger partial charge in [0.1, 0.15) is 16.9 Å². The lowest BCUT2D eigenvalue weighted by molar-refractivity contribution is -0.131. The van der Waals surface area contributed by atoms with Crippen LogP contribution in [0.4, 0.5) is 0 Å². The molecular formula is C18H18N4O3. The van der Waals surface area contributed by atoms with Gasteiger partial charge in [0.2, 0.25) is 0 Å². The van der Waals surface area contributed by atoms with E-state index in [0.29, 0.717) is 18.9 Å². The van der Waals surface area contributed by atoms with Crippen molar-refractivity contribution in [2.45, 2.75) is 20.4 Å². The quantitative estimate of drug-likeness (QED) is 0.535. The summed E-state index contributed by atoms with van der Waals surface area (Å²) < 4.78 is 14.5. The van der Waals surface area contributed by atoms with E-state index in [-0.39, 0.29) is 5.97 Å². The van der Waals surface area contributed by atoms with Gasteiger partial charge in [0.05, 0.1) is 17.6 Å². The number of aromatic nitrogens is 4. The first-order valence-electron chi connectivity index (χ1n) is 8.04. The molecule has 3 aromatic heterocycles. The van der Waals surface area contributed by atoms with E-state index in [0.717, 1.165) is 33.5 Å². The van der Waals surface area contributed by atoms with Crippen molar-refractivity contribution in [3.05, 3.63) is 36.3 Å². The number of hydrogen-bond donors (Lipinski definition) is 0. The molecule has 128 valence electrons. The molecule has 0 atom stereocenters. The predicted molar refractivity (Wildman–Crippen MR) is 93.9 cm³/mol. The molecule has 0 unspecified atom stereocenters. The second-order valence-electron chi connectivity index (χ2n) is 5.89. The standard InChI is InChI=1S/C18H18N4O3/c1-11-19-17-16(15(25-12(2)23)10-21(17)8-9-24-3)18-20-13-6-4-5-7-14(13)22(11)18/h4-7,10H,8-9H2,1-3H3. The number of esters is 1. The maximum absolute atomic E-state index is 11.6. The van der Waals surface area contributed by atoms with Gasteiger partial charge in [-0.3, -0.25) is 9.20 Å². The van der Waals surface area contributed by atoms with E-state index in [4.69, 9.17) is 19.4 Å². The summed E-state index contributed by atoms with van der Waals surface area (Å²) in [5.41, 5.74) is 3.31. The number of carbonyl (C=O) groups is 1. The fourth-order valence-corrected chi connectivity index (χ4v) is 3.17. The summed E-state index contributed by atoms with van der Waals surface area (Å²) in [5, 5.41) is 0.730. The van der Waals surface area contributed by atoms with Gasteiger partial charge in [-0.2, -0.15) is 0 Å². The van der Waals surface area contributed by atoms with Gasteiger partial charge in [-0.1, -0.05) is 12.1 Å². The summed E-state index contributed by atoms with van der Waals surface area (Å²) in [7, 11) is 1.65. The number of nitrogens with zero attached hydrogens (tertiary/aromatic N) is 4. The first-order valence-corrected chi connectivity index (χ1v) is 8.04. The minimum Gasteiger partial charge on any atom is -0.424 e. The first-order chi connectivity index (χ1) is 12.1. The van der Waals surface area contributed by atoms with Crippen molar-refractivity contribution in [1.82, 2.24) is 18.9 Å². The number of benzene rings is 1. The van der Waals surface area contributed by atoms with Crippen LogP contribution >= 0.6 is 0 Å². The second-order valence-corrected chi connectivity index (χ2v) is 5.89. The molecule has 0 spiro atoms. The highest BCUT2D eigenvalue weighted by atomic mass is 16.5. The van der Waals surface area contributed by atoms with Crippen molar-refractivity contribution in [1.29, 1.82) is 0 Å². The normalized spacial score (nSPS) is 11.6. The Morgan fingerprint density at radius 1 is 1.20 bits per heavy atom. The molecule has 7 heteroatoms. The average molecular weight is 338 g/mol. The van der Waals surface area contributed by atoms with Gasteiger partial charge in [-0.15, -0.1) is 0 Å². The molecule has 4 aromatic rings. The number of carbonyl (C=O) groups excluding carboxylic acids is 1. The van der Waals surface area contributed by atoms with Crippen molar-refractivity contribution < 1.29 is 14.3 Å². The van der Waals surface area contributed by atoms with Gasteiger partial charge < -0.3 is 14.0 Å². The highest BCUT2D eigenvalue weighted by Crippen LogP contribution is 2.33. The molecule has 0 saturated carbocycles. The van der Waals surface area contributed by atoms with Gasteiger partial charge in [0, 0.05) is 26.8 Å². The van der Waals surface area contributed by atoms with Crippen molar-refractivity contribution in [2.75, 3.05) is 13.7 Å². The van der Waals surface area contributed by atoms with Crippen LogP contribution in [0.25, 0.3) is 27.7 Å². The number of ether oxygens (including phenoxy) is 2. The molecule has 0 aliphatic carbocycles. The van der Waals surface area contributed by atoms with Gasteiger partial charge >= 0.3 is 5.97 Å². The lowest BCUT2D eigenvalue weighted by atomic mass is 10.3. The summed E-state index contributed by atoms with van der Waals surface area (Å²) in [6, 6.07) is 7.88. The van der Waals surface area contributed by atoms with Crippen molar-refractivity contribution in [3.63, 3.8) is 0 Å². The van der Waals surface area contributed by atoms with E-state index in [1.807, 2.05) is 40.2 Å². The Kier molecular flexibility index (Phi) is 3.65. The summed E-state index contributed by atoms with van der Waals surface area (Å²) in [5.74, 6) is 0.911. The molecule has 25 heavy (non-hydrogen) atoms. The maximum atomic E-state index is 11.6. The maximum Gasteiger partial charge on any atom is 0.308 e. The van der Waals surface area contributed by atoms with E-state index in [1.165, 1.54) is 6.92 Å². The Morgan fingerprint density at radius 3 is 2.76 bits per heavy atom. The Balaban J connectivity index is 2.10. The second kappa shape index (κ2) is 5.86. The predicted octanol–water partition coefficient (Wildman–Crippen LogP) is 2.72.